The zero-order valence-electron chi connectivity index (χ0n) is 13.4. The van der Waals surface area contributed by atoms with Crippen molar-refractivity contribution in [2.24, 2.45) is 0 Å². The number of aryl methyl sites for hydroxylation is 1. The average molecular weight is 312 g/mol. The minimum atomic E-state index is -0.138. The molecule has 23 heavy (non-hydrogen) atoms. The van der Waals surface area contributed by atoms with Crippen molar-refractivity contribution < 1.29 is 4.79 Å². The second-order valence-electron chi connectivity index (χ2n) is 5.76. The van der Waals surface area contributed by atoms with E-state index in [1.807, 2.05) is 29.2 Å². The van der Waals surface area contributed by atoms with Crippen LogP contribution in [0.4, 0.5) is 11.4 Å². The van der Waals surface area contributed by atoms with Gasteiger partial charge in [-0.3, -0.25) is 9.59 Å². The van der Waals surface area contributed by atoms with Crippen LogP contribution in [0, 0.1) is 6.92 Å². The summed E-state index contributed by atoms with van der Waals surface area (Å²) in [5.41, 5.74) is 2.51. The average Bonchev–Trinajstić information content (AvgIpc) is 2.66. The SMILES string of the molecule is CC(=O)N1CCCN(Cc2cc(=O)[nH]c(C)n2)c2ccccc21. The number of para-hydroxylation sites is 2. The van der Waals surface area contributed by atoms with Crippen LogP contribution in [0.5, 0.6) is 0 Å². The van der Waals surface area contributed by atoms with E-state index >= 15 is 0 Å². The van der Waals surface area contributed by atoms with Crippen molar-refractivity contribution in [3.05, 3.63) is 52.2 Å². The van der Waals surface area contributed by atoms with Crippen LogP contribution in [0.2, 0.25) is 0 Å². The molecule has 0 fully saturated rings. The summed E-state index contributed by atoms with van der Waals surface area (Å²) in [4.78, 5) is 34.6. The Balaban J connectivity index is 1.97. The molecule has 6 nitrogen and oxygen atoms in total. The number of fused-ring (bicyclic) bond motifs is 1. The number of aromatic amines is 1. The number of aromatic nitrogens is 2. The molecule has 1 aliphatic heterocycles. The molecular weight excluding hydrogens is 292 g/mol. The number of benzene rings is 1. The number of hydrogen-bond donors (Lipinski definition) is 1. The Morgan fingerprint density at radius 1 is 1.26 bits per heavy atom. The van der Waals surface area contributed by atoms with Gasteiger partial charge in [-0.25, -0.2) is 4.98 Å². The van der Waals surface area contributed by atoms with Gasteiger partial charge in [0, 0.05) is 26.1 Å². The lowest BCUT2D eigenvalue weighted by Gasteiger charge is -2.26. The predicted molar refractivity (Wildman–Crippen MR) is 89.7 cm³/mol. The number of carbonyl (C=O) groups excluding carboxylic acids is 1. The Hall–Kier alpha value is -2.63. The second-order valence-corrected chi connectivity index (χ2v) is 5.76. The maximum absolute atomic E-state index is 11.9. The van der Waals surface area contributed by atoms with E-state index in [4.69, 9.17) is 0 Å². The van der Waals surface area contributed by atoms with Crippen molar-refractivity contribution in [2.75, 3.05) is 22.9 Å². The van der Waals surface area contributed by atoms with Crippen LogP contribution in [0.25, 0.3) is 0 Å². The number of H-pyrrole nitrogens is 1. The van der Waals surface area contributed by atoms with Gasteiger partial charge in [0.05, 0.1) is 23.6 Å². The van der Waals surface area contributed by atoms with Gasteiger partial charge in [0.1, 0.15) is 5.82 Å². The van der Waals surface area contributed by atoms with Gasteiger partial charge < -0.3 is 14.8 Å². The molecule has 1 N–H and O–H groups in total. The van der Waals surface area contributed by atoms with Crippen molar-refractivity contribution in [2.45, 2.75) is 26.8 Å². The lowest BCUT2D eigenvalue weighted by molar-refractivity contribution is -0.116. The van der Waals surface area contributed by atoms with E-state index in [9.17, 15) is 9.59 Å². The van der Waals surface area contributed by atoms with Gasteiger partial charge in [0.2, 0.25) is 5.91 Å². The first kappa shape index (κ1) is 15.3. The van der Waals surface area contributed by atoms with Crippen LogP contribution >= 0.6 is 0 Å². The zero-order chi connectivity index (χ0) is 16.4. The molecule has 6 heteroatoms. The standard InChI is InChI=1S/C17H20N4O2/c1-12-18-14(10-17(23)19-12)11-20-8-5-9-21(13(2)22)16-7-4-3-6-15(16)20/h3-4,6-7,10H,5,8-9,11H2,1-2H3,(H,18,19,23). The first-order valence-corrected chi connectivity index (χ1v) is 7.73. The molecule has 0 atom stereocenters. The van der Waals surface area contributed by atoms with Gasteiger partial charge in [0.15, 0.2) is 0 Å². The van der Waals surface area contributed by atoms with Gasteiger partial charge in [-0.1, -0.05) is 12.1 Å². The number of carbonyl (C=O) groups is 1. The largest absolute Gasteiger partial charge is 0.364 e. The quantitative estimate of drug-likeness (QED) is 0.918. The van der Waals surface area contributed by atoms with Gasteiger partial charge in [-0.05, 0) is 25.5 Å². The first-order valence-electron chi connectivity index (χ1n) is 7.73. The highest BCUT2D eigenvalue weighted by atomic mass is 16.2. The first-order chi connectivity index (χ1) is 11.0. The Labute approximate surface area is 134 Å². The fraction of sp³-hybridized carbons (Fsp3) is 0.353. The zero-order valence-corrected chi connectivity index (χ0v) is 13.4. The molecule has 0 saturated carbocycles. The van der Waals surface area contributed by atoms with E-state index < -0.39 is 0 Å². The van der Waals surface area contributed by atoms with E-state index in [1.165, 1.54) is 6.07 Å². The predicted octanol–water partition coefficient (Wildman–Crippen LogP) is 1.84. The molecule has 1 amide bonds. The number of rotatable bonds is 2. The third-order valence-electron chi connectivity index (χ3n) is 3.97. The molecule has 2 heterocycles. The van der Waals surface area contributed by atoms with Crippen molar-refractivity contribution in [3.8, 4) is 0 Å². The summed E-state index contributed by atoms with van der Waals surface area (Å²) >= 11 is 0. The summed E-state index contributed by atoms with van der Waals surface area (Å²) in [7, 11) is 0. The van der Waals surface area contributed by atoms with E-state index in [0.29, 0.717) is 18.9 Å². The number of anilines is 2. The molecule has 2 aromatic rings. The molecule has 0 spiro atoms. The number of nitrogens with zero attached hydrogens (tertiary/aromatic N) is 3. The van der Waals surface area contributed by atoms with Crippen molar-refractivity contribution in [1.82, 2.24) is 9.97 Å². The van der Waals surface area contributed by atoms with Crippen LogP contribution in [0.3, 0.4) is 0 Å². The van der Waals surface area contributed by atoms with E-state index in [0.717, 1.165) is 30.0 Å². The Morgan fingerprint density at radius 3 is 2.70 bits per heavy atom. The number of hydrogen-bond acceptors (Lipinski definition) is 4. The minimum absolute atomic E-state index is 0.0458. The molecule has 0 aliphatic carbocycles. The third kappa shape index (κ3) is 3.26. The van der Waals surface area contributed by atoms with Crippen LogP contribution < -0.4 is 15.4 Å². The van der Waals surface area contributed by atoms with Crippen molar-refractivity contribution >= 4 is 17.3 Å². The van der Waals surface area contributed by atoms with E-state index in [1.54, 1.807) is 13.8 Å². The Bertz CT molecular complexity index is 784. The van der Waals surface area contributed by atoms with Gasteiger partial charge in [-0.2, -0.15) is 0 Å². The molecule has 3 rings (SSSR count). The normalized spacial score (nSPS) is 14.3. The maximum atomic E-state index is 11.9. The van der Waals surface area contributed by atoms with E-state index in [-0.39, 0.29) is 11.5 Å². The van der Waals surface area contributed by atoms with E-state index in [2.05, 4.69) is 14.9 Å². The highest BCUT2D eigenvalue weighted by Gasteiger charge is 2.22. The highest BCUT2D eigenvalue weighted by Crippen LogP contribution is 2.32. The number of nitrogens with one attached hydrogen (secondary N) is 1. The molecule has 0 bridgehead atoms. The Kier molecular flexibility index (Phi) is 4.14. The van der Waals surface area contributed by atoms with Gasteiger partial charge in [-0.15, -0.1) is 0 Å². The summed E-state index contributed by atoms with van der Waals surface area (Å²) in [6, 6.07) is 9.41. The molecular formula is C17H20N4O2. The summed E-state index contributed by atoms with van der Waals surface area (Å²) in [6.45, 7) is 5.43. The molecule has 1 aromatic heterocycles. The summed E-state index contributed by atoms with van der Waals surface area (Å²) in [5, 5.41) is 0. The monoisotopic (exact) mass is 312 g/mol. The molecule has 1 aromatic carbocycles. The summed E-state index contributed by atoms with van der Waals surface area (Å²) < 4.78 is 0. The smallest absolute Gasteiger partial charge is 0.251 e. The molecule has 0 radical (unpaired) electrons. The van der Waals surface area contributed by atoms with Crippen LogP contribution in [-0.2, 0) is 11.3 Å². The Morgan fingerprint density at radius 2 is 2.00 bits per heavy atom. The maximum Gasteiger partial charge on any atom is 0.251 e. The lowest BCUT2D eigenvalue weighted by Crippen LogP contribution is -2.28. The van der Waals surface area contributed by atoms with Gasteiger partial charge >= 0.3 is 0 Å². The van der Waals surface area contributed by atoms with Crippen LogP contribution in [-0.4, -0.2) is 29.0 Å². The van der Waals surface area contributed by atoms with Gasteiger partial charge in [0.25, 0.3) is 5.56 Å². The summed E-state index contributed by atoms with van der Waals surface area (Å²) in [5.74, 6) is 0.658. The molecule has 0 unspecified atom stereocenters. The van der Waals surface area contributed by atoms with Crippen LogP contribution in [0.1, 0.15) is 24.9 Å². The molecule has 0 saturated heterocycles. The topological polar surface area (TPSA) is 69.3 Å². The van der Waals surface area contributed by atoms with Crippen molar-refractivity contribution in [1.29, 1.82) is 0 Å². The number of amides is 1. The second kappa shape index (κ2) is 6.24. The highest BCUT2D eigenvalue weighted by molar-refractivity contribution is 5.95. The minimum Gasteiger partial charge on any atom is -0.364 e. The van der Waals surface area contributed by atoms with Crippen molar-refractivity contribution in [3.63, 3.8) is 0 Å². The lowest BCUT2D eigenvalue weighted by atomic mass is 10.2. The summed E-state index contributed by atoms with van der Waals surface area (Å²) in [6.07, 6.45) is 0.871. The molecule has 1 aliphatic rings. The van der Waals surface area contributed by atoms with Crippen LogP contribution in [0.15, 0.2) is 35.1 Å². The molecule has 120 valence electrons. The third-order valence-corrected chi connectivity index (χ3v) is 3.97. The fourth-order valence-electron chi connectivity index (χ4n) is 3.03. The fourth-order valence-corrected chi connectivity index (χ4v) is 3.03.